The largest absolute Gasteiger partial charge is 0.396 e. The summed E-state index contributed by atoms with van der Waals surface area (Å²) in [7, 11) is 1.59. The zero-order valence-electron chi connectivity index (χ0n) is 9.13. The van der Waals surface area contributed by atoms with Gasteiger partial charge in [-0.05, 0) is 18.2 Å². The first-order valence-electron chi connectivity index (χ1n) is 4.93. The number of carbonyl (C=O) groups excluding carboxylic acids is 1. The Morgan fingerprint density at radius 2 is 2.31 bits per heavy atom. The van der Waals surface area contributed by atoms with Crippen LogP contribution in [0.5, 0.6) is 0 Å². The van der Waals surface area contributed by atoms with Crippen LogP contribution in [0.4, 0.5) is 10.1 Å². The monoisotopic (exact) mass is 226 g/mol. The Labute approximate surface area is 93.6 Å². The van der Waals surface area contributed by atoms with Gasteiger partial charge in [0.05, 0.1) is 18.8 Å². The minimum absolute atomic E-state index is 0.0114. The van der Waals surface area contributed by atoms with Crippen molar-refractivity contribution >= 4 is 11.5 Å². The Morgan fingerprint density at radius 3 is 2.94 bits per heavy atom. The van der Waals surface area contributed by atoms with Gasteiger partial charge in [0, 0.05) is 19.2 Å². The molecule has 0 unspecified atom stereocenters. The van der Waals surface area contributed by atoms with Gasteiger partial charge in [-0.15, -0.1) is 0 Å². The first-order chi connectivity index (χ1) is 7.65. The number of rotatable bonds is 6. The number of nitrogens with two attached hydrogens (primary N) is 1. The number of hydrogen-bond acceptors (Lipinski definition) is 4. The predicted molar refractivity (Wildman–Crippen MR) is 59.9 cm³/mol. The zero-order valence-corrected chi connectivity index (χ0v) is 9.13. The molecule has 88 valence electrons. The Balaban J connectivity index is 2.50. The van der Waals surface area contributed by atoms with Crippen LogP contribution in [0.2, 0.25) is 0 Å². The van der Waals surface area contributed by atoms with E-state index in [2.05, 4.69) is 5.32 Å². The highest BCUT2D eigenvalue weighted by Gasteiger charge is 2.07. The van der Waals surface area contributed by atoms with Crippen LogP contribution < -0.4 is 11.1 Å². The smallest absolute Gasteiger partial charge is 0.176 e. The molecule has 3 N–H and O–H groups in total. The summed E-state index contributed by atoms with van der Waals surface area (Å²) in [6.07, 6.45) is 0. The van der Waals surface area contributed by atoms with Gasteiger partial charge in [-0.2, -0.15) is 0 Å². The number of nitrogen functional groups attached to an aromatic ring is 1. The van der Waals surface area contributed by atoms with Crippen molar-refractivity contribution in [2.45, 2.75) is 0 Å². The van der Waals surface area contributed by atoms with Crippen molar-refractivity contribution < 1.29 is 13.9 Å². The molecule has 0 fully saturated rings. The summed E-state index contributed by atoms with van der Waals surface area (Å²) in [6.45, 7) is 1.33. The van der Waals surface area contributed by atoms with Gasteiger partial charge in [-0.25, -0.2) is 4.39 Å². The molecule has 0 aliphatic rings. The number of methoxy groups -OCH3 is 1. The third kappa shape index (κ3) is 3.60. The first kappa shape index (κ1) is 12.6. The maximum absolute atomic E-state index is 12.8. The summed E-state index contributed by atoms with van der Waals surface area (Å²) < 4.78 is 17.7. The number of hydrogen-bond donors (Lipinski definition) is 2. The Hall–Kier alpha value is -1.46. The van der Waals surface area contributed by atoms with Crippen LogP contribution in [-0.2, 0) is 4.74 Å². The number of anilines is 1. The average molecular weight is 226 g/mol. The van der Waals surface area contributed by atoms with Gasteiger partial charge < -0.3 is 15.8 Å². The van der Waals surface area contributed by atoms with Gasteiger partial charge in [0.15, 0.2) is 5.78 Å². The van der Waals surface area contributed by atoms with Gasteiger partial charge in [0.2, 0.25) is 0 Å². The number of halogens is 1. The average Bonchev–Trinajstić information content (AvgIpc) is 2.28. The second-order valence-electron chi connectivity index (χ2n) is 3.33. The number of Topliss-reactive ketones (excluding diaryl/α,β-unsaturated/α-hetero) is 1. The molecule has 5 heteroatoms. The molecule has 0 aliphatic heterocycles. The van der Waals surface area contributed by atoms with Crippen molar-refractivity contribution in [3.8, 4) is 0 Å². The summed E-state index contributed by atoms with van der Waals surface area (Å²) in [4.78, 5) is 11.6. The second kappa shape index (κ2) is 6.19. The van der Waals surface area contributed by atoms with E-state index in [0.717, 1.165) is 0 Å². The molecule has 0 heterocycles. The second-order valence-corrected chi connectivity index (χ2v) is 3.33. The summed E-state index contributed by atoms with van der Waals surface area (Å²) >= 11 is 0. The van der Waals surface area contributed by atoms with E-state index in [-0.39, 0.29) is 18.0 Å². The molecule has 1 rings (SSSR count). The van der Waals surface area contributed by atoms with E-state index >= 15 is 0 Å². The number of ketones is 1. The van der Waals surface area contributed by atoms with E-state index in [9.17, 15) is 9.18 Å². The number of nitrogens with one attached hydrogen (secondary N) is 1. The van der Waals surface area contributed by atoms with Crippen LogP contribution in [0.1, 0.15) is 10.4 Å². The van der Waals surface area contributed by atoms with Crippen LogP contribution >= 0.6 is 0 Å². The highest BCUT2D eigenvalue weighted by molar-refractivity contribution is 5.98. The van der Waals surface area contributed by atoms with Crippen molar-refractivity contribution in [1.82, 2.24) is 5.32 Å². The van der Waals surface area contributed by atoms with Gasteiger partial charge in [0.1, 0.15) is 5.82 Å². The van der Waals surface area contributed by atoms with E-state index < -0.39 is 5.82 Å². The van der Waals surface area contributed by atoms with Crippen molar-refractivity contribution in [1.29, 1.82) is 0 Å². The molecule has 0 amide bonds. The Morgan fingerprint density at radius 1 is 1.56 bits per heavy atom. The lowest BCUT2D eigenvalue weighted by Crippen LogP contribution is -2.26. The number of ether oxygens (including phenoxy) is 1. The van der Waals surface area contributed by atoms with Gasteiger partial charge >= 0.3 is 0 Å². The van der Waals surface area contributed by atoms with Crippen LogP contribution in [0, 0.1) is 5.82 Å². The Kier molecular flexibility index (Phi) is 4.88. The molecule has 0 radical (unpaired) electrons. The standard InChI is InChI=1S/C11H15FN2O2/c1-16-5-4-14-7-11(15)8-2-3-9(12)10(13)6-8/h2-3,6,14H,4-5,7,13H2,1H3. The number of benzene rings is 1. The Bertz CT molecular complexity index is 369. The van der Waals surface area contributed by atoms with E-state index in [0.29, 0.717) is 18.7 Å². The van der Waals surface area contributed by atoms with Crippen LogP contribution in [0.15, 0.2) is 18.2 Å². The summed E-state index contributed by atoms with van der Waals surface area (Å²) in [6, 6.07) is 3.96. The van der Waals surface area contributed by atoms with E-state index in [1.165, 1.54) is 18.2 Å². The van der Waals surface area contributed by atoms with E-state index in [1.807, 2.05) is 0 Å². The summed E-state index contributed by atoms with van der Waals surface area (Å²) in [5.74, 6) is -0.633. The fraction of sp³-hybridized carbons (Fsp3) is 0.364. The molecule has 0 spiro atoms. The molecule has 0 aromatic heterocycles. The van der Waals surface area contributed by atoms with Gasteiger partial charge in [-0.3, -0.25) is 4.79 Å². The molecule has 0 atom stereocenters. The molecular weight excluding hydrogens is 211 g/mol. The normalized spacial score (nSPS) is 10.4. The van der Waals surface area contributed by atoms with Crippen molar-refractivity contribution in [3.05, 3.63) is 29.6 Å². The SMILES string of the molecule is COCCNCC(=O)c1ccc(F)c(N)c1. The van der Waals surface area contributed by atoms with Crippen LogP contribution in [0.3, 0.4) is 0 Å². The fourth-order valence-electron chi connectivity index (χ4n) is 1.20. The first-order valence-corrected chi connectivity index (χ1v) is 4.93. The molecule has 1 aromatic carbocycles. The predicted octanol–water partition coefficient (Wildman–Crippen LogP) is 0.827. The molecule has 0 saturated heterocycles. The fourth-order valence-corrected chi connectivity index (χ4v) is 1.20. The minimum atomic E-state index is -0.510. The summed E-state index contributed by atoms with van der Waals surface area (Å²) in [5.41, 5.74) is 5.76. The van der Waals surface area contributed by atoms with E-state index in [1.54, 1.807) is 7.11 Å². The van der Waals surface area contributed by atoms with Gasteiger partial charge in [0.25, 0.3) is 0 Å². The maximum Gasteiger partial charge on any atom is 0.176 e. The molecular formula is C11H15FN2O2. The molecule has 4 nitrogen and oxygen atoms in total. The molecule has 0 saturated carbocycles. The third-order valence-electron chi connectivity index (χ3n) is 2.09. The highest BCUT2D eigenvalue weighted by Crippen LogP contribution is 2.12. The lowest BCUT2D eigenvalue weighted by Gasteiger charge is -2.04. The highest BCUT2D eigenvalue weighted by atomic mass is 19.1. The summed E-state index contributed by atoms with van der Waals surface area (Å²) in [5, 5.41) is 2.91. The lowest BCUT2D eigenvalue weighted by atomic mass is 10.1. The lowest BCUT2D eigenvalue weighted by molar-refractivity contribution is 0.0987. The van der Waals surface area contributed by atoms with Crippen LogP contribution in [-0.4, -0.2) is 32.6 Å². The maximum atomic E-state index is 12.8. The van der Waals surface area contributed by atoms with Crippen molar-refractivity contribution in [2.24, 2.45) is 0 Å². The zero-order chi connectivity index (χ0) is 12.0. The van der Waals surface area contributed by atoms with E-state index in [4.69, 9.17) is 10.5 Å². The van der Waals surface area contributed by atoms with Crippen LogP contribution in [0.25, 0.3) is 0 Å². The quantitative estimate of drug-likeness (QED) is 0.428. The third-order valence-corrected chi connectivity index (χ3v) is 2.09. The molecule has 1 aromatic rings. The topological polar surface area (TPSA) is 64.3 Å². The minimum Gasteiger partial charge on any atom is -0.396 e. The molecule has 0 bridgehead atoms. The number of carbonyl (C=O) groups is 1. The molecule has 16 heavy (non-hydrogen) atoms. The van der Waals surface area contributed by atoms with Gasteiger partial charge in [-0.1, -0.05) is 0 Å². The van der Waals surface area contributed by atoms with Crippen molar-refractivity contribution in [2.75, 3.05) is 32.5 Å². The molecule has 0 aliphatic carbocycles. The van der Waals surface area contributed by atoms with Crippen molar-refractivity contribution in [3.63, 3.8) is 0 Å².